The minimum atomic E-state index is -0.380. The minimum absolute atomic E-state index is 0.283. The predicted molar refractivity (Wildman–Crippen MR) is 57.6 cm³/mol. The third kappa shape index (κ3) is 3.97. The molecule has 0 spiro atoms. The number of aromatic nitrogens is 2. The normalized spacial score (nSPS) is 10.8. The first-order valence-electron chi connectivity index (χ1n) is 4.93. The van der Waals surface area contributed by atoms with E-state index in [4.69, 9.17) is 5.84 Å². The Labute approximate surface area is 94.1 Å². The van der Waals surface area contributed by atoms with Crippen molar-refractivity contribution in [2.24, 2.45) is 12.9 Å². The Balaban J connectivity index is 2.28. The fraction of sp³-hybridized carbons (Fsp3) is 0.556. The highest BCUT2D eigenvalue weighted by Gasteiger charge is 2.08. The molecule has 0 unspecified atom stereocenters. The second-order valence-corrected chi connectivity index (χ2v) is 3.53. The number of rotatable bonds is 6. The van der Waals surface area contributed by atoms with Gasteiger partial charge >= 0.3 is 5.97 Å². The van der Waals surface area contributed by atoms with E-state index in [0.29, 0.717) is 13.1 Å². The van der Waals surface area contributed by atoms with Crippen LogP contribution in [0.15, 0.2) is 12.4 Å². The standard InChI is InChI=1S/C9H17N5O2/c1-13(5-3-9(15)16-12-10)7-8-11-4-6-14(8)2/h4,6,12H,3,5,7,10H2,1-2H3. The van der Waals surface area contributed by atoms with Crippen LogP contribution < -0.4 is 11.4 Å². The number of hydrogen-bond donors (Lipinski definition) is 2. The van der Waals surface area contributed by atoms with Gasteiger partial charge in [0.15, 0.2) is 0 Å². The van der Waals surface area contributed by atoms with Crippen molar-refractivity contribution in [3.8, 4) is 0 Å². The number of nitrogens with one attached hydrogen (secondary N) is 1. The van der Waals surface area contributed by atoms with Crippen molar-refractivity contribution in [1.82, 2.24) is 20.0 Å². The lowest BCUT2D eigenvalue weighted by molar-refractivity contribution is -0.151. The number of nitrogens with two attached hydrogens (primary N) is 1. The largest absolute Gasteiger partial charge is 0.356 e. The summed E-state index contributed by atoms with van der Waals surface area (Å²) < 4.78 is 1.94. The number of carbonyl (C=O) groups is 1. The van der Waals surface area contributed by atoms with Crippen LogP contribution in [-0.4, -0.2) is 34.0 Å². The molecule has 0 bridgehead atoms. The van der Waals surface area contributed by atoms with Crippen molar-refractivity contribution in [3.63, 3.8) is 0 Å². The number of imidazole rings is 1. The fourth-order valence-corrected chi connectivity index (χ4v) is 1.27. The molecule has 16 heavy (non-hydrogen) atoms. The van der Waals surface area contributed by atoms with Crippen LogP contribution in [0.4, 0.5) is 0 Å². The summed E-state index contributed by atoms with van der Waals surface area (Å²) in [5.41, 5.74) is 1.86. The molecule has 0 aromatic carbocycles. The van der Waals surface area contributed by atoms with Gasteiger partial charge in [-0.3, -0.25) is 9.69 Å². The monoisotopic (exact) mass is 227 g/mol. The van der Waals surface area contributed by atoms with Crippen molar-refractivity contribution < 1.29 is 9.63 Å². The van der Waals surface area contributed by atoms with Gasteiger partial charge in [0.1, 0.15) is 5.82 Å². The first kappa shape index (κ1) is 12.6. The topological polar surface area (TPSA) is 85.4 Å². The molecule has 1 rings (SSSR count). The molecule has 0 fully saturated rings. The van der Waals surface area contributed by atoms with Gasteiger partial charge in [-0.2, -0.15) is 0 Å². The zero-order valence-electron chi connectivity index (χ0n) is 9.51. The SMILES string of the molecule is CN(CCC(=O)ONN)Cc1nccn1C. The van der Waals surface area contributed by atoms with Crippen LogP contribution in [-0.2, 0) is 23.2 Å². The first-order valence-corrected chi connectivity index (χ1v) is 4.93. The van der Waals surface area contributed by atoms with E-state index in [9.17, 15) is 4.79 Å². The molecule has 0 radical (unpaired) electrons. The zero-order chi connectivity index (χ0) is 12.0. The summed E-state index contributed by atoms with van der Waals surface area (Å²) >= 11 is 0. The van der Waals surface area contributed by atoms with Crippen LogP contribution >= 0.6 is 0 Å². The molecule has 0 aliphatic rings. The van der Waals surface area contributed by atoms with E-state index >= 15 is 0 Å². The number of aryl methyl sites for hydroxylation is 1. The third-order valence-corrected chi connectivity index (χ3v) is 2.20. The highest BCUT2D eigenvalue weighted by atomic mass is 16.7. The molecule has 7 heteroatoms. The van der Waals surface area contributed by atoms with Crippen LogP contribution in [0, 0.1) is 0 Å². The van der Waals surface area contributed by atoms with Gasteiger partial charge in [-0.15, -0.1) is 0 Å². The molecular weight excluding hydrogens is 210 g/mol. The van der Waals surface area contributed by atoms with Gasteiger partial charge in [-0.05, 0) is 7.05 Å². The Kier molecular flexibility index (Phi) is 4.90. The van der Waals surface area contributed by atoms with Crippen molar-refractivity contribution >= 4 is 5.97 Å². The maximum Gasteiger partial charge on any atom is 0.327 e. The summed E-state index contributed by atoms with van der Waals surface area (Å²) in [4.78, 5) is 21.6. The molecule has 1 heterocycles. The van der Waals surface area contributed by atoms with Crippen LogP contribution in [0.1, 0.15) is 12.2 Å². The molecule has 0 atom stereocenters. The summed E-state index contributed by atoms with van der Waals surface area (Å²) in [6.45, 7) is 1.28. The summed E-state index contributed by atoms with van der Waals surface area (Å²) in [7, 11) is 3.85. The molecule has 1 aromatic rings. The zero-order valence-corrected chi connectivity index (χ0v) is 9.51. The second-order valence-electron chi connectivity index (χ2n) is 3.53. The van der Waals surface area contributed by atoms with Gasteiger partial charge in [0.25, 0.3) is 0 Å². The lowest BCUT2D eigenvalue weighted by atomic mass is 10.4. The molecule has 1 aromatic heterocycles. The second kappa shape index (κ2) is 6.21. The van der Waals surface area contributed by atoms with Gasteiger partial charge in [0.05, 0.1) is 13.0 Å². The van der Waals surface area contributed by atoms with E-state index in [1.54, 1.807) is 6.20 Å². The third-order valence-electron chi connectivity index (χ3n) is 2.20. The van der Waals surface area contributed by atoms with Crippen LogP contribution in [0.25, 0.3) is 0 Å². The smallest absolute Gasteiger partial charge is 0.327 e. The molecule has 3 N–H and O–H groups in total. The Morgan fingerprint density at radius 3 is 3.06 bits per heavy atom. The average Bonchev–Trinajstić information content (AvgIpc) is 2.62. The van der Waals surface area contributed by atoms with E-state index in [1.807, 2.05) is 35.3 Å². The van der Waals surface area contributed by atoms with Crippen molar-refractivity contribution in [2.45, 2.75) is 13.0 Å². The van der Waals surface area contributed by atoms with Crippen molar-refractivity contribution in [2.75, 3.05) is 13.6 Å². The lowest BCUT2D eigenvalue weighted by Gasteiger charge is -2.15. The Bertz CT molecular complexity index is 338. The fourth-order valence-electron chi connectivity index (χ4n) is 1.27. The highest BCUT2D eigenvalue weighted by Crippen LogP contribution is 2.00. The number of hydrogen-bond acceptors (Lipinski definition) is 6. The lowest BCUT2D eigenvalue weighted by Crippen LogP contribution is -2.29. The highest BCUT2D eigenvalue weighted by molar-refractivity contribution is 5.69. The van der Waals surface area contributed by atoms with E-state index in [1.165, 1.54) is 0 Å². The minimum Gasteiger partial charge on any atom is -0.356 e. The van der Waals surface area contributed by atoms with Gasteiger partial charge in [0, 0.05) is 26.0 Å². The molecular formula is C9H17N5O2. The molecule has 0 aliphatic carbocycles. The van der Waals surface area contributed by atoms with Crippen LogP contribution in [0.5, 0.6) is 0 Å². The average molecular weight is 227 g/mol. The Morgan fingerprint density at radius 1 is 1.75 bits per heavy atom. The molecule has 0 saturated heterocycles. The van der Waals surface area contributed by atoms with Gasteiger partial charge in [-0.1, -0.05) is 5.59 Å². The maximum absolute atomic E-state index is 11.0. The van der Waals surface area contributed by atoms with E-state index in [0.717, 1.165) is 5.82 Å². The summed E-state index contributed by atoms with van der Waals surface area (Å²) in [5, 5.41) is 0. The molecule has 0 saturated carbocycles. The van der Waals surface area contributed by atoms with Gasteiger partial charge in [-0.25, -0.2) is 10.8 Å². The Morgan fingerprint density at radius 2 is 2.50 bits per heavy atom. The molecule has 0 aliphatic heterocycles. The maximum atomic E-state index is 11.0. The molecule has 90 valence electrons. The molecule has 7 nitrogen and oxygen atoms in total. The first-order chi connectivity index (χ1) is 7.63. The molecule has 0 amide bonds. The van der Waals surface area contributed by atoms with Crippen LogP contribution in [0.3, 0.4) is 0 Å². The predicted octanol–water partition coefficient (Wildman–Crippen LogP) is -0.836. The quantitative estimate of drug-likeness (QED) is 0.487. The summed E-state index contributed by atoms with van der Waals surface area (Å²) in [6.07, 6.45) is 3.91. The van der Waals surface area contributed by atoms with Crippen LogP contribution in [0.2, 0.25) is 0 Å². The Hall–Kier alpha value is -1.44. The summed E-state index contributed by atoms with van der Waals surface area (Å²) in [6, 6.07) is 0. The van der Waals surface area contributed by atoms with E-state index in [-0.39, 0.29) is 12.4 Å². The number of nitrogens with zero attached hydrogens (tertiary/aromatic N) is 3. The number of hydrazine groups is 1. The van der Waals surface area contributed by atoms with Crippen molar-refractivity contribution in [3.05, 3.63) is 18.2 Å². The van der Waals surface area contributed by atoms with Gasteiger partial charge < -0.3 is 9.40 Å². The van der Waals surface area contributed by atoms with Crippen molar-refractivity contribution in [1.29, 1.82) is 0 Å². The number of carbonyl (C=O) groups excluding carboxylic acids is 1. The summed E-state index contributed by atoms with van der Waals surface area (Å²) in [5.74, 6) is 5.42. The van der Waals surface area contributed by atoms with E-state index in [2.05, 4.69) is 9.82 Å². The van der Waals surface area contributed by atoms with E-state index < -0.39 is 0 Å². The van der Waals surface area contributed by atoms with Gasteiger partial charge in [0.2, 0.25) is 0 Å².